The Bertz CT molecular complexity index is 805. The molecular formula is C24H30O6. The maximum Gasteiger partial charge on any atom is 0.341 e. The maximum atomic E-state index is 12.6. The minimum atomic E-state index is -0.622. The van der Waals surface area contributed by atoms with Crippen molar-refractivity contribution in [3.05, 3.63) is 23.3 Å². The van der Waals surface area contributed by atoms with Crippen molar-refractivity contribution in [2.45, 2.75) is 53.4 Å². The van der Waals surface area contributed by atoms with E-state index < -0.39 is 23.8 Å². The standard InChI is InChI=1S/C24H30O6/c1-23(2)11-15(19(25)17(13-23)21(27)29-5)9-7-8-10-16-12-24(3,4)14-18(20(16)26)22(28)30-6/h13-16H,9-12H2,1-6H3. The molecule has 0 radical (unpaired) electrons. The summed E-state index contributed by atoms with van der Waals surface area (Å²) in [5, 5.41) is 0. The molecule has 162 valence electrons. The number of allylic oxidation sites excluding steroid dienone is 2. The zero-order chi connectivity index (χ0) is 22.7. The minimum Gasteiger partial charge on any atom is -0.465 e. The summed E-state index contributed by atoms with van der Waals surface area (Å²) in [6, 6.07) is 0. The van der Waals surface area contributed by atoms with Crippen LogP contribution in [-0.2, 0) is 28.7 Å². The highest BCUT2D eigenvalue weighted by molar-refractivity contribution is 6.19. The van der Waals surface area contributed by atoms with Crippen LogP contribution < -0.4 is 0 Å². The molecule has 0 N–H and O–H groups in total. The molecule has 0 saturated carbocycles. The van der Waals surface area contributed by atoms with Gasteiger partial charge in [0.25, 0.3) is 0 Å². The second-order valence-electron chi connectivity index (χ2n) is 9.37. The first kappa shape index (κ1) is 23.6. The predicted octanol–water partition coefficient (Wildman–Crippen LogP) is 3.20. The molecule has 30 heavy (non-hydrogen) atoms. The third kappa shape index (κ3) is 5.47. The number of hydrogen-bond donors (Lipinski definition) is 0. The molecule has 2 atom stereocenters. The van der Waals surface area contributed by atoms with Gasteiger partial charge in [0.15, 0.2) is 11.6 Å². The summed E-state index contributed by atoms with van der Waals surface area (Å²) in [4.78, 5) is 49.1. The third-order valence-corrected chi connectivity index (χ3v) is 5.52. The van der Waals surface area contributed by atoms with Gasteiger partial charge in [-0.05, 0) is 23.7 Å². The lowest BCUT2D eigenvalue weighted by Crippen LogP contribution is -2.33. The summed E-state index contributed by atoms with van der Waals surface area (Å²) in [7, 11) is 2.51. The molecule has 0 aromatic rings. The molecule has 0 aliphatic heterocycles. The number of rotatable bonds is 4. The van der Waals surface area contributed by atoms with Gasteiger partial charge in [-0.15, -0.1) is 11.8 Å². The smallest absolute Gasteiger partial charge is 0.341 e. The Hall–Kier alpha value is -2.68. The minimum absolute atomic E-state index is 0.0811. The lowest BCUT2D eigenvalue weighted by molar-refractivity contribution is -0.140. The number of hydrogen-bond acceptors (Lipinski definition) is 6. The first-order chi connectivity index (χ1) is 13.9. The third-order valence-electron chi connectivity index (χ3n) is 5.52. The number of ketones is 2. The van der Waals surface area contributed by atoms with Crippen LogP contribution in [0.4, 0.5) is 0 Å². The molecule has 0 aromatic heterocycles. The molecule has 6 nitrogen and oxygen atoms in total. The van der Waals surface area contributed by atoms with Crippen LogP contribution in [0.15, 0.2) is 23.3 Å². The Morgan fingerprint density at radius 3 is 1.47 bits per heavy atom. The Labute approximate surface area is 178 Å². The van der Waals surface area contributed by atoms with Crippen molar-refractivity contribution in [2.75, 3.05) is 14.2 Å². The van der Waals surface area contributed by atoms with Gasteiger partial charge in [0.05, 0.1) is 25.4 Å². The van der Waals surface area contributed by atoms with Gasteiger partial charge in [0, 0.05) is 24.7 Å². The van der Waals surface area contributed by atoms with Crippen molar-refractivity contribution in [1.82, 2.24) is 0 Å². The number of methoxy groups -OCH3 is 2. The number of carbonyl (C=O) groups excluding carboxylic acids is 4. The Balaban J connectivity index is 2.09. The molecule has 0 aromatic carbocycles. The van der Waals surface area contributed by atoms with E-state index in [0.29, 0.717) is 25.7 Å². The van der Waals surface area contributed by atoms with Crippen LogP contribution >= 0.6 is 0 Å². The highest BCUT2D eigenvalue weighted by atomic mass is 16.5. The highest BCUT2D eigenvalue weighted by Crippen LogP contribution is 2.38. The van der Waals surface area contributed by atoms with Gasteiger partial charge in [-0.25, -0.2) is 9.59 Å². The number of ether oxygens (including phenoxy) is 2. The summed E-state index contributed by atoms with van der Waals surface area (Å²) in [5.74, 6) is 3.50. The van der Waals surface area contributed by atoms with E-state index in [1.807, 2.05) is 27.7 Å². The zero-order valence-electron chi connectivity index (χ0n) is 18.6. The average molecular weight is 414 g/mol. The van der Waals surface area contributed by atoms with Gasteiger partial charge in [-0.1, -0.05) is 39.8 Å². The van der Waals surface area contributed by atoms with Crippen LogP contribution in [0, 0.1) is 34.5 Å². The lowest BCUT2D eigenvalue weighted by Gasteiger charge is -2.31. The first-order valence-electron chi connectivity index (χ1n) is 10.1. The predicted molar refractivity (Wildman–Crippen MR) is 111 cm³/mol. The first-order valence-corrected chi connectivity index (χ1v) is 10.1. The van der Waals surface area contributed by atoms with Crippen molar-refractivity contribution in [1.29, 1.82) is 0 Å². The molecule has 0 saturated heterocycles. The maximum absolute atomic E-state index is 12.6. The molecular weight excluding hydrogens is 384 g/mol. The lowest BCUT2D eigenvalue weighted by atomic mass is 9.71. The fraction of sp³-hybridized carbons (Fsp3) is 0.583. The summed E-state index contributed by atoms with van der Waals surface area (Å²) in [5.41, 5.74) is -0.462. The summed E-state index contributed by atoms with van der Waals surface area (Å²) in [6.45, 7) is 7.86. The van der Waals surface area contributed by atoms with E-state index in [-0.39, 0.29) is 33.5 Å². The topological polar surface area (TPSA) is 86.7 Å². The molecule has 2 aliphatic rings. The van der Waals surface area contributed by atoms with Crippen molar-refractivity contribution < 1.29 is 28.7 Å². The van der Waals surface area contributed by atoms with Crippen molar-refractivity contribution in [3.8, 4) is 11.8 Å². The van der Waals surface area contributed by atoms with Gasteiger partial charge in [0.2, 0.25) is 0 Å². The van der Waals surface area contributed by atoms with E-state index in [1.165, 1.54) is 14.2 Å². The fourth-order valence-electron chi connectivity index (χ4n) is 4.20. The SMILES string of the molecule is COC(=O)C1=CC(C)(C)CC(CC#CCC2CC(C)(C)C=C(C(=O)OC)C2=O)C1=O. The monoisotopic (exact) mass is 414 g/mol. The van der Waals surface area contributed by atoms with Crippen LogP contribution in [0.5, 0.6) is 0 Å². The molecule has 0 spiro atoms. The van der Waals surface area contributed by atoms with Crippen molar-refractivity contribution >= 4 is 23.5 Å². The van der Waals surface area contributed by atoms with Crippen LogP contribution in [-0.4, -0.2) is 37.7 Å². The molecule has 0 bridgehead atoms. The van der Waals surface area contributed by atoms with Gasteiger partial charge in [0.1, 0.15) is 0 Å². The molecule has 2 aliphatic carbocycles. The van der Waals surface area contributed by atoms with E-state index in [4.69, 9.17) is 9.47 Å². The number of carbonyl (C=O) groups is 4. The van der Waals surface area contributed by atoms with Gasteiger partial charge < -0.3 is 9.47 Å². The normalized spacial score (nSPS) is 24.7. The zero-order valence-corrected chi connectivity index (χ0v) is 18.6. The highest BCUT2D eigenvalue weighted by Gasteiger charge is 2.38. The number of esters is 2. The molecule has 2 unspecified atom stereocenters. The van der Waals surface area contributed by atoms with Crippen LogP contribution in [0.1, 0.15) is 53.4 Å². The van der Waals surface area contributed by atoms with Gasteiger partial charge in [-0.3, -0.25) is 9.59 Å². The summed E-state index contributed by atoms with van der Waals surface area (Å²) in [6.07, 6.45) is 5.14. The summed E-state index contributed by atoms with van der Waals surface area (Å²) < 4.78 is 9.46. The van der Waals surface area contributed by atoms with E-state index in [2.05, 4.69) is 11.8 Å². The second-order valence-corrected chi connectivity index (χ2v) is 9.37. The Morgan fingerprint density at radius 1 is 0.833 bits per heavy atom. The van der Waals surface area contributed by atoms with Crippen LogP contribution in [0.2, 0.25) is 0 Å². The van der Waals surface area contributed by atoms with E-state index >= 15 is 0 Å². The summed E-state index contributed by atoms with van der Waals surface area (Å²) >= 11 is 0. The Morgan fingerprint density at radius 2 is 1.17 bits per heavy atom. The van der Waals surface area contributed by atoms with Crippen LogP contribution in [0.25, 0.3) is 0 Å². The van der Waals surface area contributed by atoms with Crippen LogP contribution in [0.3, 0.4) is 0 Å². The largest absolute Gasteiger partial charge is 0.465 e. The average Bonchev–Trinajstić information content (AvgIpc) is 2.67. The fourth-order valence-corrected chi connectivity index (χ4v) is 4.20. The second kappa shape index (κ2) is 8.99. The van der Waals surface area contributed by atoms with Gasteiger partial charge in [-0.2, -0.15) is 0 Å². The van der Waals surface area contributed by atoms with Gasteiger partial charge >= 0.3 is 11.9 Å². The van der Waals surface area contributed by atoms with Crippen molar-refractivity contribution in [3.63, 3.8) is 0 Å². The van der Waals surface area contributed by atoms with E-state index in [9.17, 15) is 19.2 Å². The van der Waals surface area contributed by atoms with E-state index in [1.54, 1.807) is 12.2 Å². The molecule has 0 heterocycles. The number of Topliss-reactive ketones (excluding diaryl/α,β-unsaturated/α-hetero) is 2. The quantitative estimate of drug-likeness (QED) is 0.399. The molecule has 0 fully saturated rings. The van der Waals surface area contributed by atoms with E-state index in [0.717, 1.165) is 0 Å². The Kier molecular flexibility index (Phi) is 7.07. The molecule has 6 heteroatoms. The molecule has 2 rings (SSSR count). The van der Waals surface area contributed by atoms with Crippen molar-refractivity contribution in [2.24, 2.45) is 22.7 Å². The molecule has 0 amide bonds.